The first-order valence-corrected chi connectivity index (χ1v) is 8.79. The lowest BCUT2D eigenvalue weighted by atomic mass is 10.1. The van der Waals surface area contributed by atoms with Crippen LogP contribution < -0.4 is 38.1 Å². The molecule has 0 spiro atoms. The molecule has 0 amide bonds. The third kappa shape index (κ3) is 4.51. The maximum absolute atomic E-state index is 11.8. The highest BCUT2D eigenvalue weighted by atomic mass is 31.2. The van der Waals surface area contributed by atoms with E-state index < -0.39 is 15.0 Å². The van der Waals surface area contributed by atoms with Crippen LogP contribution in [-0.4, -0.2) is 6.54 Å². The van der Waals surface area contributed by atoms with Crippen molar-refractivity contribution in [2.75, 3.05) is 11.6 Å². The number of anilines is 1. The smallest absolute Gasteiger partial charge is 0.298 e. The van der Waals surface area contributed by atoms with E-state index in [-0.39, 0.29) is 5.30 Å². The van der Waals surface area contributed by atoms with Gasteiger partial charge in [-0.15, -0.1) is 0 Å². The molecule has 0 aliphatic carbocycles. The maximum Gasteiger partial charge on any atom is 0.298 e. The summed E-state index contributed by atoms with van der Waals surface area (Å²) < 4.78 is 23.0. The molecular formula is C8H18N6O2P2. The van der Waals surface area contributed by atoms with Gasteiger partial charge in [0.15, 0.2) is 0 Å². The molecule has 0 aliphatic heterocycles. The molecule has 0 unspecified atom stereocenters. The van der Waals surface area contributed by atoms with Gasteiger partial charge in [-0.2, -0.15) is 0 Å². The minimum atomic E-state index is -3.44. The molecule has 0 atom stereocenters. The third-order valence-corrected chi connectivity index (χ3v) is 3.96. The van der Waals surface area contributed by atoms with E-state index in [0.29, 0.717) is 24.2 Å². The van der Waals surface area contributed by atoms with Crippen molar-refractivity contribution in [3.05, 3.63) is 23.8 Å². The number of rotatable bonds is 5. The number of benzene rings is 1. The molecular weight excluding hydrogens is 274 g/mol. The van der Waals surface area contributed by atoms with Crippen molar-refractivity contribution in [2.24, 2.45) is 27.8 Å². The van der Waals surface area contributed by atoms with Crippen LogP contribution in [0.5, 0.6) is 0 Å². The number of hydrogen-bond acceptors (Lipinski definition) is 3. The Morgan fingerprint density at radius 3 is 2.17 bits per heavy atom. The Kier molecular flexibility index (Phi) is 4.69. The highest BCUT2D eigenvalue weighted by Crippen LogP contribution is 2.32. The third-order valence-electron chi connectivity index (χ3n) is 2.18. The summed E-state index contributed by atoms with van der Waals surface area (Å²) in [4.78, 5) is 0. The molecule has 1 aromatic rings. The lowest BCUT2D eigenvalue weighted by molar-refractivity contribution is 0.579. The SMILES string of the molecule is NCCc1ccc(NP(N)(N)=O)cc1P(N)(N)=O. The van der Waals surface area contributed by atoms with Crippen LogP contribution in [0.1, 0.15) is 5.56 Å². The summed E-state index contributed by atoms with van der Waals surface area (Å²) in [5.41, 5.74) is 27.8. The molecule has 0 radical (unpaired) electrons. The second kappa shape index (κ2) is 5.50. The van der Waals surface area contributed by atoms with Crippen LogP contribution >= 0.6 is 15.0 Å². The minimum absolute atomic E-state index is 0.270. The van der Waals surface area contributed by atoms with E-state index >= 15 is 0 Å². The van der Waals surface area contributed by atoms with E-state index in [0.717, 1.165) is 0 Å². The highest BCUT2D eigenvalue weighted by molar-refractivity contribution is 7.67. The quantitative estimate of drug-likeness (QED) is 0.388. The fourth-order valence-electron chi connectivity index (χ4n) is 1.53. The number of hydrogen-bond donors (Lipinski definition) is 6. The summed E-state index contributed by atoms with van der Waals surface area (Å²) in [7, 11) is -6.88. The normalized spacial score (nSPS) is 12.5. The summed E-state index contributed by atoms with van der Waals surface area (Å²) in [6.45, 7) is 0.367. The van der Waals surface area contributed by atoms with Gasteiger partial charge in [-0.1, -0.05) is 6.07 Å². The van der Waals surface area contributed by atoms with Crippen LogP contribution in [0.4, 0.5) is 5.69 Å². The van der Waals surface area contributed by atoms with E-state index in [2.05, 4.69) is 5.09 Å². The minimum Gasteiger partial charge on any atom is -0.330 e. The van der Waals surface area contributed by atoms with Gasteiger partial charge in [0.1, 0.15) is 0 Å². The van der Waals surface area contributed by atoms with Crippen LogP contribution in [-0.2, 0) is 15.6 Å². The Hall–Kier alpha value is -0.720. The van der Waals surface area contributed by atoms with Gasteiger partial charge in [0.05, 0.1) is 0 Å². The molecule has 1 rings (SSSR count). The topological polar surface area (TPSA) is 176 Å². The van der Waals surface area contributed by atoms with E-state index in [1.807, 2.05) is 0 Å². The van der Waals surface area contributed by atoms with Gasteiger partial charge in [0, 0.05) is 11.0 Å². The zero-order valence-corrected chi connectivity index (χ0v) is 11.5. The predicted molar refractivity (Wildman–Crippen MR) is 74.4 cm³/mol. The summed E-state index contributed by atoms with van der Waals surface area (Å²) in [5, 5.41) is 2.68. The Morgan fingerprint density at radius 1 is 1.11 bits per heavy atom. The molecule has 0 bridgehead atoms. The second-order valence-electron chi connectivity index (χ2n) is 3.91. The molecule has 0 heterocycles. The molecule has 1 aromatic carbocycles. The molecule has 0 saturated carbocycles. The zero-order valence-electron chi connectivity index (χ0n) is 9.74. The van der Waals surface area contributed by atoms with Gasteiger partial charge in [-0.25, -0.2) is 0 Å². The first-order chi connectivity index (χ1) is 8.13. The zero-order chi connectivity index (χ0) is 14.0. The Morgan fingerprint density at radius 2 is 1.72 bits per heavy atom. The number of nitrogens with two attached hydrogens (primary N) is 5. The lowest BCUT2D eigenvalue weighted by Crippen LogP contribution is -2.24. The maximum atomic E-state index is 11.8. The van der Waals surface area contributed by atoms with E-state index in [1.165, 1.54) is 6.07 Å². The van der Waals surface area contributed by atoms with Gasteiger partial charge in [0.2, 0.25) is 7.44 Å². The van der Waals surface area contributed by atoms with E-state index in [1.54, 1.807) is 12.1 Å². The summed E-state index contributed by atoms with van der Waals surface area (Å²) in [6.07, 6.45) is 0.483. The average molecular weight is 292 g/mol. The van der Waals surface area contributed by atoms with Gasteiger partial charge < -0.3 is 10.8 Å². The Balaban J connectivity index is 3.22. The molecule has 0 aromatic heterocycles. The Bertz CT molecular complexity index is 522. The Labute approximate surface area is 105 Å². The monoisotopic (exact) mass is 292 g/mol. The van der Waals surface area contributed by atoms with Gasteiger partial charge in [0.25, 0.3) is 7.59 Å². The van der Waals surface area contributed by atoms with Crippen molar-refractivity contribution in [1.29, 1.82) is 0 Å². The van der Waals surface area contributed by atoms with Crippen LogP contribution in [0.15, 0.2) is 18.2 Å². The molecule has 10 heteroatoms. The van der Waals surface area contributed by atoms with Gasteiger partial charge in [-0.3, -0.25) is 31.1 Å². The molecule has 0 fully saturated rings. The van der Waals surface area contributed by atoms with E-state index in [9.17, 15) is 9.13 Å². The molecule has 0 saturated heterocycles. The highest BCUT2D eigenvalue weighted by Gasteiger charge is 2.19. The fraction of sp³-hybridized carbons (Fsp3) is 0.250. The summed E-state index contributed by atoms with van der Waals surface area (Å²) >= 11 is 0. The van der Waals surface area contributed by atoms with Crippen LogP contribution in [0.25, 0.3) is 0 Å². The van der Waals surface area contributed by atoms with E-state index in [4.69, 9.17) is 27.8 Å². The molecule has 18 heavy (non-hydrogen) atoms. The summed E-state index contributed by atoms with van der Waals surface area (Å²) in [6, 6.07) is 4.67. The average Bonchev–Trinajstić information content (AvgIpc) is 2.16. The molecule has 0 aliphatic rings. The van der Waals surface area contributed by atoms with Crippen molar-refractivity contribution in [1.82, 2.24) is 0 Å². The van der Waals surface area contributed by atoms with Crippen molar-refractivity contribution in [3.63, 3.8) is 0 Å². The predicted octanol–water partition coefficient (Wildman–Crippen LogP) is -0.639. The molecule has 102 valence electrons. The number of nitrogens with one attached hydrogen (secondary N) is 1. The van der Waals surface area contributed by atoms with Crippen LogP contribution in [0.2, 0.25) is 0 Å². The van der Waals surface area contributed by atoms with Crippen molar-refractivity contribution in [2.45, 2.75) is 6.42 Å². The van der Waals surface area contributed by atoms with Crippen molar-refractivity contribution in [3.8, 4) is 0 Å². The largest absolute Gasteiger partial charge is 0.330 e. The van der Waals surface area contributed by atoms with Crippen LogP contribution in [0.3, 0.4) is 0 Å². The van der Waals surface area contributed by atoms with Gasteiger partial charge in [-0.05, 0) is 30.7 Å². The first-order valence-electron chi connectivity index (χ1n) is 5.09. The fourth-order valence-corrected chi connectivity index (χ4v) is 3.05. The molecule has 11 N–H and O–H groups in total. The van der Waals surface area contributed by atoms with Crippen molar-refractivity contribution >= 4 is 26.0 Å². The van der Waals surface area contributed by atoms with Gasteiger partial charge >= 0.3 is 0 Å². The lowest BCUT2D eigenvalue weighted by Gasteiger charge is -2.16. The van der Waals surface area contributed by atoms with Crippen molar-refractivity contribution < 1.29 is 9.13 Å². The molecule has 8 nitrogen and oxygen atoms in total. The standard InChI is InChI=1S/C8H18N6O2P2/c9-4-3-6-1-2-7(14-18(12,13)16)5-8(6)17(10,11)15/h1-2,5H,3-4,9H2,(H4,10,11,15)(H5,12,13,14,16). The summed E-state index contributed by atoms with van der Waals surface area (Å²) in [5.74, 6) is 0. The second-order valence-corrected chi connectivity index (χ2v) is 7.46. The first kappa shape index (κ1) is 15.3. The van der Waals surface area contributed by atoms with Crippen LogP contribution in [0, 0.1) is 0 Å².